The molecule has 0 aromatic heterocycles. The van der Waals surface area contributed by atoms with Gasteiger partial charge in [-0.2, -0.15) is 0 Å². The molecule has 178 valence electrons. The van der Waals surface area contributed by atoms with E-state index in [1.54, 1.807) is 0 Å². The van der Waals surface area contributed by atoms with Crippen molar-refractivity contribution >= 4 is 19.0 Å². The third-order valence-corrected chi connectivity index (χ3v) is 8.12. The maximum Gasteiger partial charge on any atom is 0.401 e. The Balaban J connectivity index is 2.46. The zero-order valence-electron chi connectivity index (χ0n) is 21.2. The van der Waals surface area contributed by atoms with E-state index in [1.165, 1.54) is 22.3 Å². The molecular formula is C28H42ClO2P. The van der Waals surface area contributed by atoms with Gasteiger partial charge in [0, 0.05) is 0 Å². The summed E-state index contributed by atoms with van der Waals surface area (Å²) in [6.45, 7) is 17.9. The first kappa shape index (κ1) is 27.0. The number of hydrogen-bond acceptors (Lipinski definition) is 2. The lowest BCUT2D eigenvalue weighted by atomic mass is 9.90. The first-order valence-electron chi connectivity index (χ1n) is 12.4. The number of rotatable bonds is 12. The second-order valence-electron chi connectivity index (χ2n) is 9.16. The number of para-hydroxylation sites is 2. The molecule has 2 aromatic rings. The van der Waals surface area contributed by atoms with Crippen LogP contribution < -0.4 is 9.05 Å². The van der Waals surface area contributed by atoms with E-state index in [1.807, 2.05) is 0 Å². The van der Waals surface area contributed by atoms with Crippen LogP contribution in [0.15, 0.2) is 36.4 Å². The summed E-state index contributed by atoms with van der Waals surface area (Å²) in [4.78, 5) is 0. The lowest BCUT2D eigenvalue weighted by molar-refractivity contribution is 0.478. The largest absolute Gasteiger partial charge is 0.427 e. The van der Waals surface area contributed by atoms with Crippen LogP contribution in [0.25, 0.3) is 0 Å². The van der Waals surface area contributed by atoms with E-state index in [-0.39, 0.29) is 0 Å². The number of halogens is 1. The van der Waals surface area contributed by atoms with Gasteiger partial charge in [0.25, 0.3) is 0 Å². The summed E-state index contributed by atoms with van der Waals surface area (Å²) in [6, 6.07) is 13.0. The van der Waals surface area contributed by atoms with E-state index < -0.39 is 7.73 Å². The van der Waals surface area contributed by atoms with Gasteiger partial charge >= 0.3 is 7.73 Å². The molecule has 0 heterocycles. The predicted octanol–water partition coefficient (Wildman–Crippen LogP) is 10.7. The maximum atomic E-state index is 6.85. The van der Waals surface area contributed by atoms with Crippen LogP contribution in [0, 0.1) is 0 Å². The summed E-state index contributed by atoms with van der Waals surface area (Å²) in [5.74, 6) is 3.44. The van der Waals surface area contributed by atoms with Crippen LogP contribution in [0.1, 0.15) is 127 Å². The molecule has 2 rings (SSSR count). The third-order valence-electron chi connectivity index (χ3n) is 7.05. The molecule has 4 unspecified atom stereocenters. The second-order valence-corrected chi connectivity index (χ2v) is 10.8. The van der Waals surface area contributed by atoms with E-state index in [4.69, 9.17) is 20.3 Å². The van der Waals surface area contributed by atoms with Crippen LogP contribution in [-0.2, 0) is 0 Å². The Bertz CT molecular complexity index is 727. The van der Waals surface area contributed by atoms with E-state index in [2.05, 4.69) is 91.8 Å². The van der Waals surface area contributed by atoms with Gasteiger partial charge in [0.1, 0.15) is 11.5 Å². The zero-order valence-corrected chi connectivity index (χ0v) is 22.9. The van der Waals surface area contributed by atoms with Crippen LogP contribution >= 0.6 is 19.0 Å². The molecule has 4 heteroatoms. The molecule has 0 fully saturated rings. The van der Waals surface area contributed by atoms with Gasteiger partial charge in [0.2, 0.25) is 0 Å². The number of hydrogen-bond donors (Lipinski definition) is 0. The van der Waals surface area contributed by atoms with Crippen LogP contribution in [0.4, 0.5) is 0 Å². The molecule has 0 radical (unpaired) electrons. The first-order chi connectivity index (χ1) is 15.3. The Hall–Kier alpha value is -1.24. The molecule has 0 aliphatic heterocycles. The molecule has 0 N–H and O–H groups in total. The quantitative estimate of drug-likeness (QED) is 0.283. The second kappa shape index (κ2) is 12.9. The number of benzene rings is 2. The molecule has 0 saturated carbocycles. The Labute approximate surface area is 202 Å². The Kier molecular flexibility index (Phi) is 10.8. The molecule has 0 aliphatic rings. The normalized spacial score (nSPS) is 16.2. The van der Waals surface area contributed by atoms with Gasteiger partial charge in [-0.05, 0) is 82.8 Å². The molecule has 2 aromatic carbocycles. The van der Waals surface area contributed by atoms with E-state index in [9.17, 15) is 0 Å². The average molecular weight is 477 g/mol. The summed E-state index contributed by atoms with van der Waals surface area (Å²) in [5, 5.41) is 0. The molecule has 4 atom stereocenters. The first-order valence-corrected chi connectivity index (χ1v) is 14.4. The lowest BCUT2D eigenvalue weighted by Crippen LogP contribution is -2.06. The van der Waals surface area contributed by atoms with Crippen molar-refractivity contribution in [2.45, 2.75) is 105 Å². The molecular weight excluding hydrogens is 435 g/mol. The van der Waals surface area contributed by atoms with Crippen molar-refractivity contribution in [3.8, 4) is 11.5 Å². The van der Waals surface area contributed by atoms with Crippen molar-refractivity contribution in [1.82, 2.24) is 0 Å². The molecule has 0 spiro atoms. The van der Waals surface area contributed by atoms with Crippen molar-refractivity contribution in [3.05, 3.63) is 58.7 Å². The summed E-state index contributed by atoms with van der Waals surface area (Å²) >= 11 is 6.85. The van der Waals surface area contributed by atoms with E-state index in [0.29, 0.717) is 23.7 Å². The van der Waals surface area contributed by atoms with Gasteiger partial charge < -0.3 is 9.05 Å². The van der Waals surface area contributed by atoms with Gasteiger partial charge in [0.15, 0.2) is 0 Å². The highest BCUT2D eigenvalue weighted by atomic mass is 35.7. The fraction of sp³-hybridized carbons (Fsp3) is 0.571. The monoisotopic (exact) mass is 476 g/mol. The molecule has 32 heavy (non-hydrogen) atoms. The minimum absolute atomic E-state index is 0.400. The summed E-state index contributed by atoms with van der Waals surface area (Å²) < 4.78 is 12.9. The molecule has 0 aliphatic carbocycles. The van der Waals surface area contributed by atoms with Crippen LogP contribution in [-0.4, -0.2) is 0 Å². The van der Waals surface area contributed by atoms with Gasteiger partial charge in [-0.1, -0.05) is 91.8 Å². The molecule has 2 nitrogen and oxygen atoms in total. The smallest absolute Gasteiger partial charge is 0.401 e. The third kappa shape index (κ3) is 6.42. The highest BCUT2D eigenvalue weighted by Crippen LogP contribution is 2.52. The maximum absolute atomic E-state index is 6.85. The van der Waals surface area contributed by atoms with Crippen molar-refractivity contribution in [3.63, 3.8) is 0 Å². The standard InChI is InChI=1S/C28H42ClO2P/c1-9-19(5)23-15-13-16-24(20(6)10-2)27(23)30-32(29)31-28-25(21(7)11-3)17-14-18-26(28)22(8)12-4/h13-22H,9-12H2,1-8H3. The minimum atomic E-state index is -1.64. The summed E-state index contributed by atoms with van der Waals surface area (Å²) in [6.07, 6.45) is 4.21. The van der Waals surface area contributed by atoms with E-state index >= 15 is 0 Å². The fourth-order valence-corrected chi connectivity index (χ4v) is 5.11. The van der Waals surface area contributed by atoms with Gasteiger partial charge in [-0.15, -0.1) is 0 Å². The Morgan fingerprint density at radius 3 is 1.06 bits per heavy atom. The van der Waals surface area contributed by atoms with Crippen molar-refractivity contribution in [2.24, 2.45) is 0 Å². The predicted molar refractivity (Wildman–Crippen MR) is 142 cm³/mol. The van der Waals surface area contributed by atoms with Crippen LogP contribution in [0.5, 0.6) is 11.5 Å². The van der Waals surface area contributed by atoms with Gasteiger partial charge in [-0.3, -0.25) is 0 Å². The van der Waals surface area contributed by atoms with Gasteiger partial charge in [-0.25, -0.2) is 0 Å². The fourth-order valence-electron chi connectivity index (χ4n) is 3.95. The Morgan fingerprint density at radius 2 is 0.844 bits per heavy atom. The van der Waals surface area contributed by atoms with Crippen molar-refractivity contribution in [1.29, 1.82) is 0 Å². The highest BCUT2D eigenvalue weighted by Gasteiger charge is 2.25. The Morgan fingerprint density at radius 1 is 0.594 bits per heavy atom. The van der Waals surface area contributed by atoms with E-state index in [0.717, 1.165) is 37.2 Å². The van der Waals surface area contributed by atoms with Crippen LogP contribution in [0.2, 0.25) is 0 Å². The molecule has 0 amide bonds. The highest BCUT2D eigenvalue weighted by molar-refractivity contribution is 7.76. The lowest BCUT2D eigenvalue weighted by Gasteiger charge is -2.26. The average Bonchev–Trinajstić information content (AvgIpc) is 2.82. The van der Waals surface area contributed by atoms with Crippen molar-refractivity contribution < 1.29 is 9.05 Å². The summed E-state index contributed by atoms with van der Waals surface area (Å²) in [7, 11) is -1.64. The zero-order chi connectivity index (χ0) is 23.8. The SMILES string of the molecule is CCC(C)c1cccc(C(C)CC)c1OP(Cl)Oc1c(C(C)CC)cccc1C(C)CC. The minimum Gasteiger partial charge on any atom is -0.427 e. The van der Waals surface area contributed by atoms with Crippen molar-refractivity contribution in [2.75, 3.05) is 0 Å². The summed E-state index contributed by atoms with van der Waals surface area (Å²) in [5.41, 5.74) is 4.89. The molecule has 0 bridgehead atoms. The van der Waals surface area contributed by atoms with Crippen LogP contribution in [0.3, 0.4) is 0 Å². The topological polar surface area (TPSA) is 18.5 Å². The molecule has 0 saturated heterocycles. The van der Waals surface area contributed by atoms with Gasteiger partial charge in [0.05, 0.1) is 0 Å².